The molecule has 0 radical (unpaired) electrons. The van der Waals surface area contributed by atoms with E-state index >= 15 is 0 Å². The fourth-order valence-electron chi connectivity index (χ4n) is 3.13. The monoisotopic (exact) mass is 453 g/mol. The third-order valence-electron chi connectivity index (χ3n) is 4.93. The van der Waals surface area contributed by atoms with Crippen molar-refractivity contribution in [2.75, 3.05) is 13.7 Å². The Morgan fingerprint density at radius 3 is 2.42 bits per heavy atom. The molecule has 172 valence electrons. The molecule has 0 spiro atoms. The molecule has 4 amide bonds. The van der Waals surface area contributed by atoms with Crippen LogP contribution in [0.25, 0.3) is 0 Å². The maximum absolute atomic E-state index is 12.8. The van der Waals surface area contributed by atoms with Crippen LogP contribution in [0.15, 0.2) is 59.6 Å². The fourth-order valence-corrected chi connectivity index (χ4v) is 3.13. The highest BCUT2D eigenvalue weighted by Gasteiger charge is 2.49. The summed E-state index contributed by atoms with van der Waals surface area (Å²) in [6.07, 6.45) is -0.755. The molecule has 0 saturated carbocycles. The van der Waals surface area contributed by atoms with Crippen molar-refractivity contribution in [2.24, 2.45) is 10.7 Å². The Labute approximate surface area is 189 Å². The van der Waals surface area contributed by atoms with Crippen LogP contribution in [0.2, 0.25) is 0 Å². The van der Waals surface area contributed by atoms with Gasteiger partial charge in [0.25, 0.3) is 5.91 Å². The maximum Gasteiger partial charge on any atom is 0.414 e. The normalized spacial score (nSPS) is 18.0. The van der Waals surface area contributed by atoms with Gasteiger partial charge in [-0.3, -0.25) is 19.8 Å². The first-order chi connectivity index (χ1) is 15.7. The van der Waals surface area contributed by atoms with E-state index in [1.807, 2.05) is 30.3 Å². The van der Waals surface area contributed by atoms with E-state index in [1.54, 1.807) is 24.3 Å². The van der Waals surface area contributed by atoms with Crippen LogP contribution in [0.4, 0.5) is 15.3 Å². The number of methoxy groups -OCH3 is 1. The predicted molar refractivity (Wildman–Crippen MR) is 117 cm³/mol. The van der Waals surface area contributed by atoms with E-state index in [-0.39, 0.29) is 12.6 Å². The van der Waals surface area contributed by atoms with Crippen LogP contribution in [-0.2, 0) is 31.2 Å². The van der Waals surface area contributed by atoms with Gasteiger partial charge in [0.15, 0.2) is 0 Å². The SMILES string of the molecule is COC(=O)CN1C(=O)NC(C)(c2ccc(N=C(N)NC(=O)OCc3ccccc3)cc2)C1=O. The van der Waals surface area contributed by atoms with Crippen LogP contribution in [0.1, 0.15) is 18.1 Å². The number of urea groups is 1. The molecule has 1 atom stereocenters. The van der Waals surface area contributed by atoms with Crippen molar-refractivity contribution in [3.05, 3.63) is 65.7 Å². The summed E-state index contributed by atoms with van der Waals surface area (Å²) in [5.74, 6) is -1.48. The molecule has 33 heavy (non-hydrogen) atoms. The van der Waals surface area contributed by atoms with Crippen molar-refractivity contribution in [2.45, 2.75) is 19.1 Å². The largest absolute Gasteiger partial charge is 0.468 e. The van der Waals surface area contributed by atoms with Gasteiger partial charge in [-0.15, -0.1) is 0 Å². The quantitative estimate of drug-likeness (QED) is 0.259. The van der Waals surface area contributed by atoms with E-state index in [9.17, 15) is 19.2 Å². The zero-order chi connectivity index (χ0) is 24.0. The van der Waals surface area contributed by atoms with Crippen LogP contribution in [0, 0.1) is 0 Å². The number of carbonyl (C=O) groups excluding carboxylic acids is 4. The lowest BCUT2D eigenvalue weighted by atomic mass is 9.92. The van der Waals surface area contributed by atoms with Gasteiger partial charge in [-0.2, -0.15) is 0 Å². The molecule has 1 saturated heterocycles. The van der Waals surface area contributed by atoms with Crippen molar-refractivity contribution >= 4 is 35.6 Å². The van der Waals surface area contributed by atoms with Gasteiger partial charge < -0.3 is 20.5 Å². The number of hydrogen-bond acceptors (Lipinski definition) is 7. The van der Waals surface area contributed by atoms with Gasteiger partial charge in [0.2, 0.25) is 5.96 Å². The summed E-state index contributed by atoms with van der Waals surface area (Å²) in [7, 11) is 1.17. The number of nitrogens with one attached hydrogen (secondary N) is 2. The van der Waals surface area contributed by atoms with E-state index in [0.717, 1.165) is 10.5 Å². The third kappa shape index (κ3) is 5.45. The molecule has 0 aliphatic carbocycles. The molecular weight excluding hydrogens is 430 g/mol. The van der Waals surface area contributed by atoms with Crippen LogP contribution >= 0.6 is 0 Å². The Morgan fingerprint density at radius 2 is 1.79 bits per heavy atom. The van der Waals surface area contributed by atoms with Crippen LogP contribution in [-0.4, -0.2) is 48.5 Å². The first-order valence-corrected chi connectivity index (χ1v) is 9.86. The number of rotatable bonds is 6. The minimum absolute atomic E-state index is 0.0833. The topological polar surface area (TPSA) is 152 Å². The number of benzene rings is 2. The summed E-state index contributed by atoms with van der Waals surface area (Å²) in [5, 5.41) is 4.91. The molecule has 11 heteroatoms. The Balaban J connectivity index is 1.62. The highest BCUT2D eigenvalue weighted by atomic mass is 16.5. The summed E-state index contributed by atoms with van der Waals surface area (Å²) in [6, 6.07) is 14.7. The van der Waals surface area contributed by atoms with Crippen molar-refractivity contribution in [3.63, 3.8) is 0 Å². The summed E-state index contributed by atoms with van der Waals surface area (Å²) in [5.41, 5.74) is 6.09. The van der Waals surface area contributed by atoms with Gasteiger partial charge in [-0.1, -0.05) is 42.5 Å². The zero-order valence-electron chi connectivity index (χ0n) is 18.0. The van der Waals surface area contributed by atoms with E-state index in [1.165, 1.54) is 14.0 Å². The van der Waals surface area contributed by atoms with Crippen LogP contribution in [0.3, 0.4) is 0 Å². The summed E-state index contributed by atoms with van der Waals surface area (Å²) in [6.45, 7) is 1.13. The molecule has 2 aromatic carbocycles. The van der Waals surface area contributed by atoms with Crippen molar-refractivity contribution in [3.8, 4) is 0 Å². The zero-order valence-corrected chi connectivity index (χ0v) is 18.0. The van der Waals surface area contributed by atoms with Crippen LogP contribution < -0.4 is 16.4 Å². The molecule has 0 aromatic heterocycles. The molecular formula is C22H23N5O6. The lowest BCUT2D eigenvalue weighted by molar-refractivity contribution is -0.145. The number of imide groups is 1. The molecule has 2 aromatic rings. The molecule has 1 heterocycles. The second kappa shape index (κ2) is 9.81. The third-order valence-corrected chi connectivity index (χ3v) is 4.93. The average Bonchev–Trinajstić information content (AvgIpc) is 3.02. The number of aliphatic imine (C=N–C) groups is 1. The van der Waals surface area contributed by atoms with Crippen LogP contribution in [0.5, 0.6) is 0 Å². The lowest BCUT2D eigenvalue weighted by Gasteiger charge is -2.22. The second-order valence-corrected chi connectivity index (χ2v) is 7.25. The number of ether oxygens (including phenoxy) is 2. The summed E-state index contributed by atoms with van der Waals surface area (Å²) >= 11 is 0. The molecule has 4 N–H and O–H groups in total. The Kier molecular flexibility index (Phi) is 6.91. The second-order valence-electron chi connectivity index (χ2n) is 7.25. The fraction of sp³-hybridized carbons (Fsp3) is 0.227. The van der Waals surface area contributed by atoms with Gasteiger partial charge >= 0.3 is 18.1 Å². The molecule has 0 bridgehead atoms. The van der Waals surface area contributed by atoms with E-state index in [4.69, 9.17) is 10.5 Å². The molecule has 1 fully saturated rings. The average molecular weight is 453 g/mol. The molecule has 3 rings (SSSR count). The highest BCUT2D eigenvalue weighted by molar-refractivity contribution is 6.08. The number of amides is 4. The number of alkyl carbamates (subject to hydrolysis) is 1. The van der Waals surface area contributed by atoms with Crippen molar-refractivity contribution in [1.82, 2.24) is 15.5 Å². The minimum atomic E-state index is -1.36. The van der Waals surface area contributed by atoms with Crippen molar-refractivity contribution < 1.29 is 28.7 Å². The Hall–Kier alpha value is -4.41. The predicted octanol–water partition coefficient (Wildman–Crippen LogP) is 1.50. The number of hydrogen-bond donors (Lipinski definition) is 3. The highest BCUT2D eigenvalue weighted by Crippen LogP contribution is 2.30. The van der Waals surface area contributed by atoms with Gasteiger partial charge in [0.05, 0.1) is 12.8 Å². The van der Waals surface area contributed by atoms with E-state index in [0.29, 0.717) is 11.3 Å². The number of nitrogens with two attached hydrogens (primary N) is 1. The minimum Gasteiger partial charge on any atom is -0.468 e. The van der Waals surface area contributed by atoms with Gasteiger partial charge in [-0.05, 0) is 30.2 Å². The number of carbonyl (C=O) groups is 4. The van der Waals surface area contributed by atoms with Gasteiger partial charge in [-0.25, -0.2) is 14.6 Å². The number of nitrogens with zero attached hydrogens (tertiary/aromatic N) is 2. The van der Waals surface area contributed by atoms with E-state index in [2.05, 4.69) is 20.4 Å². The molecule has 1 aliphatic heterocycles. The molecule has 11 nitrogen and oxygen atoms in total. The summed E-state index contributed by atoms with van der Waals surface area (Å²) < 4.78 is 9.60. The first kappa shape index (κ1) is 23.3. The number of guanidine groups is 1. The van der Waals surface area contributed by atoms with Gasteiger partial charge in [0.1, 0.15) is 18.7 Å². The van der Waals surface area contributed by atoms with Gasteiger partial charge in [0, 0.05) is 0 Å². The number of esters is 1. The molecule has 1 unspecified atom stereocenters. The standard InChI is InChI=1S/C22H23N5O6/c1-22(18(29)27(20(30)26-22)12-17(28)32-2)15-8-10-16(11-9-15)24-19(23)25-21(31)33-13-14-6-4-3-5-7-14/h3-11H,12-13H2,1-2H3,(H,26,30)(H3,23,24,25,31). The smallest absolute Gasteiger partial charge is 0.414 e. The lowest BCUT2D eigenvalue weighted by Crippen LogP contribution is -2.41. The summed E-state index contributed by atoms with van der Waals surface area (Å²) in [4.78, 5) is 53.2. The Morgan fingerprint density at radius 1 is 1.12 bits per heavy atom. The molecule has 1 aliphatic rings. The van der Waals surface area contributed by atoms with E-state index < -0.39 is 36.1 Å². The first-order valence-electron chi connectivity index (χ1n) is 9.86. The maximum atomic E-state index is 12.8. The Bertz CT molecular complexity index is 1090. The van der Waals surface area contributed by atoms with Crippen molar-refractivity contribution in [1.29, 1.82) is 0 Å².